The highest BCUT2D eigenvalue weighted by molar-refractivity contribution is 5.95. The Labute approximate surface area is 228 Å². The number of hydrogen-bond acceptors (Lipinski definition) is 4. The summed E-state index contributed by atoms with van der Waals surface area (Å²) >= 11 is 0. The van der Waals surface area contributed by atoms with Crippen molar-refractivity contribution in [2.24, 2.45) is 5.92 Å². The van der Waals surface area contributed by atoms with E-state index in [1.54, 1.807) is 20.8 Å². The van der Waals surface area contributed by atoms with Crippen LogP contribution in [0.3, 0.4) is 0 Å². The van der Waals surface area contributed by atoms with Crippen LogP contribution in [-0.4, -0.2) is 58.5 Å². The van der Waals surface area contributed by atoms with Crippen LogP contribution in [-0.2, 0) is 16.1 Å². The molecule has 1 aliphatic carbocycles. The monoisotopic (exact) mass is 541 g/mol. The third-order valence-electron chi connectivity index (χ3n) is 7.41. The zero-order valence-corrected chi connectivity index (χ0v) is 23.2. The average molecular weight is 542 g/mol. The van der Waals surface area contributed by atoms with Crippen LogP contribution in [0.1, 0.15) is 67.1 Å². The Morgan fingerprint density at radius 3 is 2.41 bits per heavy atom. The number of nitrogens with one attached hydrogen (secondary N) is 1. The molecule has 1 aliphatic heterocycles. The number of ether oxygens (including phenoxy) is 1. The number of carbonyl (C=O) groups excluding carboxylic acids is 3. The van der Waals surface area contributed by atoms with Gasteiger partial charge in [-0.25, -0.2) is 13.6 Å². The van der Waals surface area contributed by atoms with Gasteiger partial charge in [0.15, 0.2) is 11.6 Å². The summed E-state index contributed by atoms with van der Waals surface area (Å²) in [4.78, 5) is 43.4. The molecule has 9 heteroatoms. The number of aryl methyl sites for hydroxylation is 1. The molecular formula is C30H37F2N3O4. The van der Waals surface area contributed by atoms with Crippen molar-refractivity contribution in [3.05, 3.63) is 70.3 Å². The Balaban J connectivity index is 1.59. The Bertz CT molecular complexity index is 1260. The van der Waals surface area contributed by atoms with E-state index in [4.69, 9.17) is 4.74 Å². The lowest BCUT2D eigenvalue weighted by Crippen LogP contribution is -2.58. The average Bonchev–Trinajstić information content (AvgIpc) is 3.70. The van der Waals surface area contributed by atoms with E-state index in [0.29, 0.717) is 13.0 Å². The summed E-state index contributed by atoms with van der Waals surface area (Å²) in [5, 5.41) is 2.86. The first-order valence-corrected chi connectivity index (χ1v) is 13.4. The fourth-order valence-corrected chi connectivity index (χ4v) is 4.91. The van der Waals surface area contributed by atoms with E-state index in [1.807, 2.05) is 36.9 Å². The van der Waals surface area contributed by atoms with Crippen LogP contribution in [0, 0.1) is 31.4 Å². The normalized spacial score (nSPS) is 19.4. The highest BCUT2D eigenvalue weighted by atomic mass is 19.2. The number of piperidine rings is 1. The standard InChI is InChI=1S/C30H37F2N3O4/c1-18-7-6-8-21(19(18)2)16-35(22-10-11-22)28(37)23-17-34(29(38)39-30(3,4)5)14-13-26(23)33-27(36)20-9-12-24(31)25(32)15-20/h6-9,12,15,22-23,26H,10-11,13-14,16-17H2,1-5H3,(H,33,36). The van der Waals surface area contributed by atoms with Crippen LogP contribution < -0.4 is 5.32 Å². The van der Waals surface area contributed by atoms with Crippen molar-refractivity contribution >= 4 is 17.9 Å². The maximum atomic E-state index is 14.1. The molecule has 0 radical (unpaired) electrons. The van der Waals surface area contributed by atoms with Crippen molar-refractivity contribution in [2.75, 3.05) is 13.1 Å². The number of halogens is 2. The lowest BCUT2D eigenvalue weighted by molar-refractivity contribution is -0.139. The molecule has 1 saturated heterocycles. The third kappa shape index (κ3) is 6.94. The van der Waals surface area contributed by atoms with Crippen molar-refractivity contribution in [3.63, 3.8) is 0 Å². The summed E-state index contributed by atoms with van der Waals surface area (Å²) in [5.74, 6) is -3.65. The largest absolute Gasteiger partial charge is 0.444 e. The Hall–Kier alpha value is -3.49. The van der Waals surface area contributed by atoms with Gasteiger partial charge in [0.1, 0.15) is 5.60 Å². The number of likely N-dealkylation sites (tertiary alicyclic amines) is 1. The Morgan fingerprint density at radius 2 is 1.77 bits per heavy atom. The first-order valence-electron chi connectivity index (χ1n) is 13.4. The zero-order valence-electron chi connectivity index (χ0n) is 23.2. The number of benzene rings is 2. The minimum absolute atomic E-state index is 0.0379. The molecule has 2 fully saturated rings. The van der Waals surface area contributed by atoms with Gasteiger partial charge < -0.3 is 19.9 Å². The predicted octanol–water partition coefficient (Wildman–Crippen LogP) is 5.13. The molecule has 4 rings (SSSR count). The van der Waals surface area contributed by atoms with E-state index in [0.717, 1.165) is 41.7 Å². The van der Waals surface area contributed by atoms with E-state index in [-0.39, 0.29) is 30.6 Å². The predicted molar refractivity (Wildman–Crippen MR) is 143 cm³/mol. The molecule has 2 aliphatic rings. The van der Waals surface area contributed by atoms with Gasteiger partial charge in [-0.3, -0.25) is 9.59 Å². The molecule has 2 aromatic carbocycles. The van der Waals surface area contributed by atoms with Crippen LogP contribution in [0.4, 0.5) is 13.6 Å². The summed E-state index contributed by atoms with van der Waals surface area (Å²) in [6.45, 7) is 10.2. The summed E-state index contributed by atoms with van der Waals surface area (Å²) in [6.07, 6.45) is 1.58. The Kier molecular flexibility index (Phi) is 8.28. The maximum absolute atomic E-state index is 14.1. The van der Waals surface area contributed by atoms with Gasteiger partial charge in [-0.05, 0) is 88.8 Å². The number of nitrogens with zero attached hydrogens (tertiary/aromatic N) is 2. The minimum Gasteiger partial charge on any atom is -0.444 e. The topological polar surface area (TPSA) is 79.0 Å². The fourth-order valence-electron chi connectivity index (χ4n) is 4.91. The molecular weight excluding hydrogens is 504 g/mol. The lowest BCUT2D eigenvalue weighted by atomic mass is 9.90. The van der Waals surface area contributed by atoms with E-state index in [2.05, 4.69) is 5.32 Å². The van der Waals surface area contributed by atoms with E-state index in [1.165, 1.54) is 11.0 Å². The summed E-state index contributed by atoms with van der Waals surface area (Å²) in [5.41, 5.74) is 2.58. The SMILES string of the molecule is Cc1cccc(CN(C(=O)C2CN(C(=O)OC(C)(C)C)CCC2NC(=O)c2ccc(F)c(F)c2)C2CC2)c1C. The van der Waals surface area contributed by atoms with Gasteiger partial charge in [0.05, 0.1) is 5.92 Å². The molecule has 2 unspecified atom stereocenters. The van der Waals surface area contributed by atoms with E-state index in [9.17, 15) is 23.2 Å². The summed E-state index contributed by atoms with van der Waals surface area (Å²) < 4.78 is 32.8. The molecule has 0 aromatic heterocycles. The van der Waals surface area contributed by atoms with Gasteiger partial charge in [-0.15, -0.1) is 0 Å². The van der Waals surface area contributed by atoms with Crippen LogP contribution in [0.15, 0.2) is 36.4 Å². The molecule has 210 valence electrons. The molecule has 2 aromatic rings. The molecule has 1 N–H and O–H groups in total. The fraction of sp³-hybridized carbons (Fsp3) is 0.500. The highest BCUT2D eigenvalue weighted by Gasteiger charge is 2.43. The summed E-state index contributed by atoms with van der Waals surface area (Å²) in [6, 6.07) is 8.46. The van der Waals surface area contributed by atoms with Gasteiger partial charge in [-0.2, -0.15) is 0 Å². The van der Waals surface area contributed by atoms with Crippen LogP contribution in [0.25, 0.3) is 0 Å². The van der Waals surface area contributed by atoms with Gasteiger partial charge in [0.25, 0.3) is 5.91 Å². The molecule has 3 amide bonds. The van der Waals surface area contributed by atoms with Gasteiger partial charge >= 0.3 is 6.09 Å². The zero-order chi connectivity index (χ0) is 28.5. The second kappa shape index (κ2) is 11.3. The van der Waals surface area contributed by atoms with Crippen molar-refractivity contribution in [1.82, 2.24) is 15.1 Å². The van der Waals surface area contributed by atoms with E-state index < -0.39 is 41.2 Å². The number of hydrogen-bond donors (Lipinski definition) is 1. The van der Waals surface area contributed by atoms with Crippen molar-refractivity contribution in [3.8, 4) is 0 Å². The second-order valence-electron chi connectivity index (χ2n) is 11.6. The number of amides is 3. The minimum atomic E-state index is -1.12. The molecule has 0 bridgehead atoms. The summed E-state index contributed by atoms with van der Waals surface area (Å²) in [7, 11) is 0. The van der Waals surface area contributed by atoms with Crippen molar-refractivity contribution < 1.29 is 27.9 Å². The molecule has 2 atom stereocenters. The third-order valence-corrected chi connectivity index (χ3v) is 7.41. The highest BCUT2D eigenvalue weighted by Crippen LogP contribution is 2.33. The van der Waals surface area contributed by atoms with Crippen LogP contribution >= 0.6 is 0 Å². The van der Waals surface area contributed by atoms with Crippen LogP contribution in [0.2, 0.25) is 0 Å². The van der Waals surface area contributed by atoms with Gasteiger partial charge in [0, 0.05) is 37.3 Å². The molecule has 39 heavy (non-hydrogen) atoms. The lowest BCUT2D eigenvalue weighted by Gasteiger charge is -2.40. The van der Waals surface area contributed by atoms with Gasteiger partial charge in [0.2, 0.25) is 5.91 Å². The molecule has 0 spiro atoms. The smallest absolute Gasteiger partial charge is 0.410 e. The second-order valence-corrected chi connectivity index (χ2v) is 11.6. The van der Waals surface area contributed by atoms with Crippen molar-refractivity contribution in [2.45, 2.75) is 78.1 Å². The first kappa shape index (κ1) is 28.5. The van der Waals surface area contributed by atoms with Gasteiger partial charge in [-0.1, -0.05) is 18.2 Å². The molecule has 1 heterocycles. The van der Waals surface area contributed by atoms with E-state index >= 15 is 0 Å². The van der Waals surface area contributed by atoms with Crippen LogP contribution in [0.5, 0.6) is 0 Å². The maximum Gasteiger partial charge on any atom is 0.410 e. The quantitative estimate of drug-likeness (QED) is 0.550. The number of rotatable bonds is 6. The first-order chi connectivity index (χ1) is 18.3. The molecule has 1 saturated carbocycles. The Morgan fingerprint density at radius 1 is 1.05 bits per heavy atom. The van der Waals surface area contributed by atoms with Crippen molar-refractivity contribution in [1.29, 1.82) is 0 Å². The molecule has 7 nitrogen and oxygen atoms in total. The number of carbonyl (C=O) groups is 3.